The third-order valence-electron chi connectivity index (χ3n) is 4.13. The Balaban J connectivity index is 1.95. The van der Waals surface area contributed by atoms with E-state index in [1.807, 2.05) is 24.3 Å². The zero-order valence-electron chi connectivity index (χ0n) is 11.4. The van der Waals surface area contributed by atoms with Crippen LogP contribution in [0, 0.1) is 11.8 Å². The molecule has 20 heavy (non-hydrogen) atoms. The lowest BCUT2D eigenvalue weighted by atomic mass is 9.87. The molecule has 1 aromatic carbocycles. The number of hydrogen-bond donors (Lipinski definition) is 2. The van der Waals surface area contributed by atoms with Crippen molar-refractivity contribution < 1.29 is 19.8 Å². The van der Waals surface area contributed by atoms with Crippen molar-refractivity contribution in [2.75, 3.05) is 0 Å². The van der Waals surface area contributed by atoms with Crippen LogP contribution in [0.4, 0.5) is 0 Å². The second-order valence-electron chi connectivity index (χ2n) is 5.64. The van der Waals surface area contributed by atoms with E-state index in [0.29, 0.717) is 5.92 Å². The molecule has 0 aliphatic heterocycles. The summed E-state index contributed by atoms with van der Waals surface area (Å²) < 4.78 is 0. The van der Waals surface area contributed by atoms with Gasteiger partial charge in [-0.15, -0.1) is 0 Å². The standard InChI is InChI=1S/C16H20O4/c17-15(18)9-12-6-4-11(5-7-12)8-13-2-1-3-14(13)10-16(19)20/h4-7,13-14H,1-3,8-10H2,(H,17,18)(H,19,20)/t13-,14-/m1/s1. The van der Waals surface area contributed by atoms with Crippen LogP contribution in [0.2, 0.25) is 0 Å². The van der Waals surface area contributed by atoms with Gasteiger partial charge >= 0.3 is 11.9 Å². The van der Waals surface area contributed by atoms with Crippen molar-refractivity contribution in [3.8, 4) is 0 Å². The van der Waals surface area contributed by atoms with E-state index in [1.165, 1.54) is 5.56 Å². The Morgan fingerprint density at radius 1 is 0.950 bits per heavy atom. The first-order valence-electron chi connectivity index (χ1n) is 7.06. The van der Waals surface area contributed by atoms with Crippen LogP contribution in [0.15, 0.2) is 24.3 Å². The Kier molecular flexibility index (Phi) is 4.77. The Labute approximate surface area is 118 Å². The van der Waals surface area contributed by atoms with Crippen molar-refractivity contribution in [1.82, 2.24) is 0 Å². The predicted molar refractivity (Wildman–Crippen MR) is 74.6 cm³/mol. The highest BCUT2D eigenvalue weighted by atomic mass is 16.4. The van der Waals surface area contributed by atoms with Gasteiger partial charge in [-0.2, -0.15) is 0 Å². The van der Waals surface area contributed by atoms with Crippen LogP contribution in [0.3, 0.4) is 0 Å². The van der Waals surface area contributed by atoms with Crippen molar-refractivity contribution in [3.05, 3.63) is 35.4 Å². The van der Waals surface area contributed by atoms with Gasteiger partial charge in [0.15, 0.2) is 0 Å². The minimum Gasteiger partial charge on any atom is -0.481 e. The summed E-state index contributed by atoms with van der Waals surface area (Å²) in [5, 5.41) is 17.7. The highest BCUT2D eigenvalue weighted by molar-refractivity contribution is 5.70. The van der Waals surface area contributed by atoms with Crippen LogP contribution < -0.4 is 0 Å². The first-order valence-corrected chi connectivity index (χ1v) is 7.06. The summed E-state index contributed by atoms with van der Waals surface area (Å²) in [7, 11) is 0. The van der Waals surface area contributed by atoms with Gasteiger partial charge < -0.3 is 10.2 Å². The quantitative estimate of drug-likeness (QED) is 0.837. The minimum atomic E-state index is -0.824. The molecule has 0 spiro atoms. The molecule has 0 aromatic heterocycles. The Morgan fingerprint density at radius 3 is 2.15 bits per heavy atom. The van der Waals surface area contributed by atoms with E-state index in [0.717, 1.165) is 31.2 Å². The second-order valence-corrected chi connectivity index (χ2v) is 5.64. The number of rotatable bonds is 6. The lowest BCUT2D eigenvalue weighted by molar-refractivity contribution is -0.138. The van der Waals surface area contributed by atoms with E-state index in [-0.39, 0.29) is 18.8 Å². The fraction of sp³-hybridized carbons (Fsp3) is 0.500. The van der Waals surface area contributed by atoms with Crippen molar-refractivity contribution in [2.24, 2.45) is 11.8 Å². The summed E-state index contributed by atoms with van der Waals surface area (Å²) in [6.45, 7) is 0. The minimum absolute atomic E-state index is 0.0470. The molecule has 0 amide bonds. The molecular formula is C16H20O4. The van der Waals surface area contributed by atoms with Crippen LogP contribution >= 0.6 is 0 Å². The molecule has 2 rings (SSSR count). The molecule has 2 atom stereocenters. The van der Waals surface area contributed by atoms with Gasteiger partial charge in [0.2, 0.25) is 0 Å². The summed E-state index contributed by atoms with van der Waals surface area (Å²) in [5.74, 6) is -0.809. The largest absolute Gasteiger partial charge is 0.481 e. The molecule has 108 valence electrons. The van der Waals surface area contributed by atoms with E-state index in [2.05, 4.69) is 0 Å². The number of hydrogen-bond acceptors (Lipinski definition) is 2. The average Bonchev–Trinajstić information content (AvgIpc) is 2.78. The Bertz CT molecular complexity index is 478. The maximum atomic E-state index is 10.8. The summed E-state index contributed by atoms with van der Waals surface area (Å²) in [4.78, 5) is 21.5. The molecule has 0 heterocycles. The predicted octanol–water partition coefficient (Wildman–Crippen LogP) is 2.75. The molecule has 1 saturated carbocycles. The molecule has 1 aliphatic rings. The molecule has 4 nitrogen and oxygen atoms in total. The summed E-state index contributed by atoms with van der Waals surface area (Å²) in [6, 6.07) is 7.64. The van der Waals surface area contributed by atoms with Gasteiger partial charge in [0.05, 0.1) is 6.42 Å². The summed E-state index contributed by atoms with van der Waals surface area (Å²) >= 11 is 0. The Morgan fingerprint density at radius 2 is 1.55 bits per heavy atom. The molecule has 1 aliphatic carbocycles. The maximum absolute atomic E-state index is 10.8. The van der Waals surface area contributed by atoms with Crippen molar-refractivity contribution in [2.45, 2.75) is 38.5 Å². The molecule has 1 aromatic rings. The molecule has 4 heteroatoms. The summed E-state index contributed by atoms with van der Waals surface area (Å²) in [5.41, 5.74) is 1.97. The highest BCUT2D eigenvalue weighted by Gasteiger charge is 2.28. The second kappa shape index (κ2) is 6.55. The molecule has 0 radical (unpaired) electrons. The number of aliphatic carboxylic acids is 2. The summed E-state index contributed by atoms with van der Waals surface area (Å²) in [6.07, 6.45) is 4.42. The van der Waals surface area contributed by atoms with Gasteiger partial charge in [-0.1, -0.05) is 30.7 Å². The monoisotopic (exact) mass is 276 g/mol. The van der Waals surface area contributed by atoms with E-state index >= 15 is 0 Å². The van der Waals surface area contributed by atoms with Crippen LogP contribution in [-0.2, 0) is 22.4 Å². The van der Waals surface area contributed by atoms with E-state index in [4.69, 9.17) is 10.2 Å². The fourth-order valence-corrected chi connectivity index (χ4v) is 3.15. The molecule has 2 N–H and O–H groups in total. The molecule has 0 unspecified atom stereocenters. The third-order valence-corrected chi connectivity index (χ3v) is 4.13. The highest BCUT2D eigenvalue weighted by Crippen LogP contribution is 2.36. The smallest absolute Gasteiger partial charge is 0.307 e. The van der Waals surface area contributed by atoms with E-state index in [9.17, 15) is 9.59 Å². The van der Waals surface area contributed by atoms with Crippen LogP contribution in [0.25, 0.3) is 0 Å². The average molecular weight is 276 g/mol. The Hall–Kier alpha value is -1.84. The SMILES string of the molecule is O=C(O)Cc1ccc(C[C@H]2CCC[C@@H]2CC(=O)O)cc1. The fourth-order valence-electron chi connectivity index (χ4n) is 3.15. The zero-order chi connectivity index (χ0) is 14.5. The topological polar surface area (TPSA) is 74.6 Å². The lowest BCUT2D eigenvalue weighted by Crippen LogP contribution is -2.15. The van der Waals surface area contributed by atoms with Gasteiger partial charge in [-0.3, -0.25) is 9.59 Å². The number of carboxylic acids is 2. The number of benzene rings is 1. The van der Waals surface area contributed by atoms with Gasteiger partial charge in [-0.25, -0.2) is 0 Å². The van der Waals surface area contributed by atoms with E-state index in [1.54, 1.807) is 0 Å². The van der Waals surface area contributed by atoms with Gasteiger partial charge in [0.1, 0.15) is 0 Å². The van der Waals surface area contributed by atoms with Gasteiger partial charge in [0, 0.05) is 6.42 Å². The first-order chi connectivity index (χ1) is 9.54. The third kappa shape index (κ3) is 4.08. The van der Waals surface area contributed by atoms with Crippen molar-refractivity contribution in [3.63, 3.8) is 0 Å². The van der Waals surface area contributed by atoms with Gasteiger partial charge in [-0.05, 0) is 42.2 Å². The van der Waals surface area contributed by atoms with Crippen molar-refractivity contribution in [1.29, 1.82) is 0 Å². The van der Waals surface area contributed by atoms with Crippen LogP contribution in [0.5, 0.6) is 0 Å². The lowest BCUT2D eigenvalue weighted by Gasteiger charge is -2.18. The number of carbonyl (C=O) groups is 2. The van der Waals surface area contributed by atoms with Gasteiger partial charge in [0.25, 0.3) is 0 Å². The molecular weight excluding hydrogens is 256 g/mol. The molecule has 0 saturated heterocycles. The van der Waals surface area contributed by atoms with Crippen molar-refractivity contribution >= 4 is 11.9 Å². The first kappa shape index (κ1) is 14.6. The van der Waals surface area contributed by atoms with Crippen LogP contribution in [0.1, 0.15) is 36.8 Å². The van der Waals surface area contributed by atoms with Crippen LogP contribution in [-0.4, -0.2) is 22.2 Å². The normalized spacial score (nSPS) is 21.8. The maximum Gasteiger partial charge on any atom is 0.307 e. The molecule has 1 fully saturated rings. The molecule has 0 bridgehead atoms. The number of carboxylic acid groups (broad SMARTS) is 2. The zero-order valence-corrected chi connectivity index (χ0v) is 11.4. The van der Waals surface area contributed by atoms with E-state index < -0.39 is 11.9 Å².